The largest absolute Gasteiger partial charge is 0.243 e. The highest BCUT2D eigenvalue weighted by Crippen LogP contribution is 2.31. The average molecular weight is 288 g/mol. The van der Waals surface area contributed by atoms with Gasteiger partial charge in [0.2, 0.25) is 10.0 Å². The van der Waals surface area contributed by atoms with Gasteiger partial charge in [0.15, 0.2) is 0 Å². The summed E-state index contributed by atoms with van der Waals surface area (Å²) in [6.45, 7) is 2.43. The van der Waals surface area contributed by atoms with Crippen LogP contribution < -0.4 is 0 Å². The lowest BCUT2D eigenvalue weighted by Crippen LogP contribution is -2.29. The molecule has 0 atom stereocenters. The van der Waals surface area contributed by atoms with Crippen LogP contribution in [0.1, 0.15) is 24.0 Å². The average Bonchev–Trinajstić information content (AvgIpc) is 3.13. The molecule has 0 amide bonds. The summed E-state index contributed by atoms with van der Waals surface area (Å²) in [6.07, 6.45) is 2.28. The molecule has 0 heterocycles. The van der Waals surface area contributed by atoms with E-state index in [1.54, 1.807) is 19.2 Å². The van der Waals surface area contributed by atoms with Gasteiger partial charge in [-0.1, -0.05) is 12.1 Å². The van der Waals surface area contributed by atoms with Crippen molar-refractivity contribution in [1.29, 1.82) is 0 Å². The van der Waals surface area contributed by atoms with Gasteiger partial charge in [0.1, 0.15) is 0 Å². The van der Waals surface area contributed by atoms with E-state index in [1.807, 2.05) is 13.0 Å². The molecule has 0 radical (unpaired) electrons. The van der Waals surface area contributed by atoms with E-state index in [9.17, 15) is 8.42 Å². The molecule has 3 nitrogen and oxygen atoms in total. The molecule has 1 saturated carbocycles. The fourth-order valence-corrected chi connectivity index (χ4v) is 3.82. The fraction of sp³-hybridized carbons (Fsp3) is 0.538. The topological polar surface area (TPSA) is 37.4 Å². The molecule has 18 heavy (non-hydrogen) atoms. The first-order chi connectivity index (χ1) is 8.46. The minimum atomic E-state index is -3.38. The number of benzene rings is 1. The molecule has 1 fully saturated rings. The predicted octanol–water partition coefficient (Wildman–Crippen LogP) is 2.76. The first kappa shape index (κ1) is 13.8. The van der Waals surface area contributed by atoms with Crippen molar-refractivity contribution in [3.8, 4) is 0 Å². The molecule has 100 valence electrons. The first-order valence-corrected chi connectivity index (χ1v) is 8.05. The van der Waals surface area contributed by atoms with Crippen LogP contribution >= 0.6 is 11.6 Å². The second-order valence-corrected chi connectivity index (χ2v) is 7.18. The second-order valence-electron chi connectivity index (χ2n) is 4.90. The van der Waals surface area contributed by atoms with Crippen LogP contribution in [0.3, 0.4) is 0 Å². The molecule has 0 aromatic heterocycles. The van der Waals surface area contributed by atoms with Crippen molar-refractivity contribution in [1.82, 2.24) is 4.31 Å². The molecule has 1 aromatic rings. The van der Waals surface area contributed by atoms with Crippen LogP contribution in [-0.4, -0.2) is 26.3 Å². The molecule has 0 spiro atoms. The highest BCUT2D eigenvalue weighted by molar-refractivity contribution is 7.89. The summed E-state index contributed by atoms with van der Waals surface area (Å²) in [5, 5.41) is 0. The van der Waals surface area contributed by atoms with E-state index >= 15 is 0 Å². The van der Waals surface area contributed by atoms with Gasteiger partial charge in [-0.15, -0.1) is 11.6 Å². The Kier molecular flexibility index (Phi) is 3.99. The van der Waals surface area contributed by atoms with Gasteiger partial charge in [0.25, 0.3) is 0 Å². The lowest BCUT2D eigenvalue weighted by molar-refractivity contribution is 0.452. The lowest BCUT2D eigenvalue weighted by Gasteiger charge is -2.19. The highest BCUT2D eigenvalue weighted by Gasteiger charge is 2.30. The van der Waals surface area contributed by atoms with Crippen molar-refractivity contribution in [2.75, 3.05) is 13.6 Å². The molecule has 1 aliphatic rings. The minimum Gasteiger partial charge on any atom is -0.207 e. The van der Waals surface area contributed by atoms with Gasteiger partial charge in [0.05, 0.1) is 4.90 Å². The molecule has 0 saturated heterocycles. The Morgan fingerprint density at radius 3 is 2.61 bits per heavy atom. The maximum atomic E-state index is 12.5. The molecule has 0 unspecified atom stereocenters. The molecule has 2 rings (SSSR count). The van der Waals surface area contributed by atoms with Gasteiger partial charge in [-0.3, -0.25) is 0 Å². The van der Waals surface area contributed by atoms with E-state index in [4.69, 9.17) is 11.6 Å². The zero-order valence-corrected chi connectivity index (χ0v) is 12.3. The lowest BCUT2D eigenvalue weighted by atomic mass is 10.1. The summed E-state index contributed by atoms with van der Waals surface area (Å²) in [7, 11) is -1.73. The van der Waals surface area contributed by atoms with E-state index in [0.29, 0.717) is 23.2 Å². The Hall–Kier alpha value is -0.580. The van der Waals surface area contributed by atoms with Crippen molar-refractivity contribution in [3.63, 3.8) is 0 Å². The third-order valence-electron chi connectivity index (χ3n) is 3.44. The van der Waals surface area contributed by atoms with E-state index < -0.39 is 10.0 Å². The fourth-order valence-electron chi connectivity index (χ4n) is 2.01. The first-order valence-electron chi connectivity index (χ1n) is 6.07. The van der Waals surface area contributed by atoms with Crippen LogP contribution in [0, 0.1) is 12.8 Å². The summed E-state index contributed by atoms with van der Waals surface area (Å²) < 4.78 is 26.4. The summed E-state index contributed by atoms with van der Waals surface area (Å²) in [4.78, 5) is 0.379. The third-order valence-corrected chi connectivity index (χ3v) is 5.70. The smallest absolute Gasteiger partial charge is 0.207 e. The van der Waals surface area contributed by atoms with Crippen LogP contribution in [0.25, 0.3) is 0 Å². The van der Waals surface area contributed by atoms with Gasteiger partial charge in [0, 0.05) is 19.5 Å². The summed E-state index contributed by atoms with van der Waals surface area (Å²) in [6, 6.07) is 5.27. The number of nitrogens with zero attached hydrogens (tertiary/aromatic N) is 1. The van der Waals surface area contributed by atoms with Gasteiger partial charge in [-0.2, -0.15) is 0 Å². The van der Waals surface area contributed by atoms with Crippen molar-refractivity contribution in [3.05, 3.63) is 29.3 Å². The number of alkyl halides is 1. The molecule has 0 bridgehead atoms. The SMILES string of the molecule is Cc1c(CCl)cccc1S(=O)(=O)N(C)CC1CC1. The molecular weight excluding hydrogens is 270 g/mol. The Morgan fingerprint density at radius 1 is 1.39 bits per heavy atom. The van der Waals surface area contributed by atoms with Crippen LogP contribution in [0.2, 0.25) is 0 Å². The van der Waals surface area contributed by atoms with Gasteiger partial charge in [-0.25, -0.2) is 12.7 Å². The summed E-state index contributed by atoms with van der Waals surface area (Å²) in [5.74, 6) is 0.878. The quantitative estimate of drug-likeness (QED) is 0.781. The Morgan fingerprint density at radius 2 is 2.06 bits per heavy atom. The third kappa shape index (κ3) is 2.71. The Balaban J connectivity index is 2.33. The molecule has 1 aliphatic carbocycles. The number of hydrogen-bond acceptors (Lipinski definition) is 2. The second kappa shape index (κ2) is 5.19. The molecule has 1 aromatic carbocycles. The van der Waals surface area contributed by atoms with Crippen LogP contribution in [0.4, 0.5) is 0 Å². The van der Waals surface area contributed by atoms with E-state index in [-0.39, 0.29) is 0 Å². The Bertz CT molecular complexity index is 538. The van der Waals surface area contributed by atoms with Crippen molar-refractivity contribution < 1.29 is 8.42 Å². The number of halogens is 1. The zero-order valence-electron chi connectivity index (χ0n) is 10.7. The molecular formula is C13H18ClNO2S. The number of rotatable bonds is 5. The van der Waals surface area contributed by atoms with Gasteiger partial charge >= 0.3 is 0 Å². The number of sulfonamides is 1. The van der Waals surface area contributed by atoms with Crippen LogP contribution in [-0.2, 0) is 15.9 Å². The minimum absolute atomic E-state index is 0.335. The predicted molar refractivity (Wildman–Crippen MR) is 73.3 cm³/mol. The normalized spacial score (nSPS) is 16.2. The summed E-state index contributed by atoms with van der Waals surface area (Å²) >= 11 is 5.82. The van der Waals surface area contributed by atoms with Crippen molar-refractivity contribution in [2.45, 2.75) is 30.5 Å². The van der Waals surface area contributed by atoms with Crippen molar-refractivity contribution >= 4 is 21.6 Å². The molecule has 5 heteroatoms. The van der Waals surface area contributed by atoms with Crippen molar-refractivity contribution in [2.24, 2.45) is 5.92 Å². The monoisotopic (exact) mass is 287 g/mol. The van der Waals surface area contributed by atoms with Crippen LogP contribution in [0.5, 0.6) is 0 Å². The van der Waals surface area contributed by atoms with Crippen LogP contribution in [0.15, 0.2) is 23.1 Å². The van der Waals surface area contributed by atoms with E-state index in [0.717, 1.165) is 24.0 Å². The van der Waals surface area contributed by atoms with Gasteiger partial charge in [-0.05, 0) is 42.9 Å². The maximum Gasteiger partial charge on any atom is 0.243 e. The molecule has 0 aliphatic heterocycles. The Labute approximate surface area is 114 Å². The van der Waals surface area contributed by atoms with Gasteiger partial charge < -0.3 is 0 Å². The van der Waals surface area contributed by atoms with E-state index in [2.05, 4.69) is 0 Å². The molecule has 0 N–H and O–H groups in total. The maximum absolute atomic E-state index is 12.5. The number of hydrogen-bond donors (Lipinski definition) is 0. The standard InChI is InChI=1S/C13H18ClNO2S/c1-10-12(8-14)4-3-5-13(10)18(16,17)15(2)9-11-6-7-11/h3-5,11H,6-9H2,1-2H3. The zero-order chi connectivity index (χ0) is 13.3. The highest BCUT2D eigenvalue weighted by atomic mass is 35.5. The van der Waals surface area contributed by atoms with E-state index in [1.165, 1.54) is 4.31 Å². The summed E-state index contributed by atoms with van der Waals surface area (Å²) in [5.41, 5.74) is 1.63.